The largest absolute Gasteiger partial charge is 0.477 e. The third-order valence-corrected chi connectivity index (χ3v) is 3.57. The molecule has 2 heterocycles. The van der Waals surface area contributed by atoms with Crippen LogP contribution in [0.25, 0.3) is 16.7 Å². The molecule has 0 atom stereocenters. The number of nitrogens with zero attached hydrogens (tertiary/aromatic N) is 4. The Bertz CT molecular complexity index is 817. The first-order valence-corrected chi connectivity index (χ1v) is 8.38. The highest BCUT2D eigenvalue weighted by Gasteiger charge is 2.16. The molecule has 0 saturated carbocycles. The summed E-state index contributed by atoms with van der Waals surface area (Å²) >= 11 is 5.96. The van der Waals surface area contributed by atoms with Gasteiger partial charge in [-0.15, -0.1) is 0 Å². The van der Waals surface area contributed by atoms with Crippen LogP contribution < -0.4 is 9.47 Å². The summed E-state index contributed by atoms with van der Waals surface area (Å²) in [4.78, 5) is 8.86. The van der Waals surface area contributed by atoms with Crippen LogP contribution in [0.15, 0.2) is 30.5 Å². The van der Waals surface area contributed by atoms with Crippen LogP contribution in [0.2, 0.25) is 5.02 Å². The number of aromatic nitrogens is 4. The van der Waals surface area contributed by atoms with Crippen LogP contribution >= 0.6 is 11.6 Å². The number of fused-ring (bicyclic) bond motifs is 1. The maximum Gasteiger partial charge on any atom is 0.321 e. The SMILES string of the molecule is CCCOc1nc(OCCC)c2cnn(-c3ccc(Cl)cc3)c2n1. The van der Waals surface area contributed by atoms with E-state index in [1.165, 1.54) is 0 Å². The Hall–Kier alpha value is -2.34. The molecule has 6 nitrogen and oxygen atoms in total. The molecular formula is C17H19ClN4O2. The van der Waals surface area contributed by atoms with Crippen molar-refractivity contribution in [3.63, 3.8) is 0 Å². The molecule has 0 aliphatic heterocycles. The Morgan fingerprint density at radius 1 is 1.00 bits per heavy atom. The highest BCUT2D eigenvalue weighted by Crippen LogP contribution is 2.27. The van der Waals surface area contributed by atoms with Gasteiger partial charge in [0, 0.05) is 5.02 Å². The monoisotopic (exact) mass is 346 g/mol. The lowest BCUT2D eigenvalue weighted by Crippen LogP contribution is -2.05. The van der Waals surface area contributed by atoms with Gasteiger partial charge in [-0.2, -0.15) is 15.1 Å². The quantitative estimate of drug-likeness (QED) is 0.646. The van der Waals surface area contributed by atoms with Gasteiger partial charge in [-0.1, -0.05) is 25.4 Å². The van der Waals surface area contributed by atoms with Crippen LogP contribution in [0.4, 0.5) is 0 Å². The minimum atomic E-state index is 0.297. The number of hydrogen-bond donors (Lipinski definition) is 0. The van der Waals surface area contributed by atoms with Crippen molar-refractivity contribution in [3.8, 4) is 17.6 Å². The molecule has 24 heavy (non-hydrogen) atoms. The molecule has 0 fully saturated rings. The van der Waals surface area contributed by atoms with Gasteiger partial charge in [0.15, 0.2) is 5.65 Å². The summed E-state index contributed by atoms with van der Waals surface area (Å²) in [6, 6.07) is 7.70. The molecule has 0 bridgehead atoms. The van der Waals surface area contributed by atoms with E-state index in [4.69, 9.17) is 21.1 Å². The topological polar surface area (TPSA) is 62.1 Å². The van der Waals surface area contributed by atoms with Gasteiger partial charge in [-0.25, -0.2) is 4.68 Å². The van der Waals surface area contributed by atoms with Crippen LogP contribution in [-0.2, 0) is 0 Å². The smallest absolute Gasteiger partial charge is 0.321 e. The van der Waals surface area contributed by atoms with Crippen molar-refractivity contribution in [3.05, 3.63) is 35.5 Å². The van der Waals surface area contributed by atoms with Crippen molar-refractivity contribution < 1.29 is 9.47 Å². The second-order valence-electron chi connectivity index (χ2n) is 5.28. The lowest BCUT2D eigenvalue weighted by molar-refractivity contribution is 0.273. The molecule has 7 heteroatoms. The van der Waals surface area contributed by atoms with Gasteiger partial charge in [0.1, 0.15) is 5.39 Å². The first-order chi connectivity index (χ1) is 11.7. The standard InChI is InChI=1S/C17H19ClN4O2/c1-3-9-23-16-14-11-19-22(13-7-5-12(18)6-8-13)15(14)20-17(21-16)24-10-4-2/h5-8,11H,3-4,9-10H2,1-2H3. The summed E-state index contributed by atoms with van der Waals surface area (Å²) in [5.74, 6) is 0.494. The summed E-state index contributed by atoms with van der Waals surface area (Å²) in [7, 11) is 0. The molecule has 126 valence electrons. The van der Waals surface area contributed by atoms with Crippen molar-refractivity contribution in [2.45, 2.75) is 26.7 Å². The molecule has 0 amide bonds. The number of halogens is 1. The van der Waals surface area contributed by atoms with E-state index in [0.29, 0.717) is 35.8 Å². The van der Waals surface area contributed by atoms with E-state index in [1.807, 2.05) is 38.1 Å². The van der Waals surface area contributed by atoms with Gasteiger partial charge < -0.3 is 9.47 Å². The maximum absolute atomic E-state index is 5.96. The lowest BCUT2D eigenvalue weighted by atomic mass is 10.3. The Labute approximate surface area is 145 Å². The van der Waals surface area contributed by atoms with Crippen LogP contribution in [0.3, 0.4) is 0 Å². The second kappa shape index (κ2) is 7.49. The molecule has 1 aromatic carbocycles. The van der Waals surface area contributed by atoms with Crippen molar-refractivity contribution in [2.24, 2.45) is 0 Å². The minimum Gasteiger partial charge on any atom is -0.477 e. The fourth-order valence-corrected chi connectivity index (χ4v) is 2.33. The fraction of sp³-hybridized carbons (Fsp3) is 0.353. The predicted octanol–water partition coefficient (Wildman–Crippen LogP) is 4.05. The zero-order chi connectivity index (χ0) is 16.9. The molecule has 0 aliphatic carbocycles. The maximum atomic E-state index is 5.96. The van der Waals surface area contributed by atoms with E-state index in [2.05, 4.69) is 15.1 Å². The molecule has 2 aromatic heterocycles. The third kappa shape index (κ3) is 3.43. The van der Waals surface area contributed by atoms with Crippen molar-refractivity contribution in [2.75, 3.05) is 13.2 Å². The molecule has 0 radical (unpaired) electrons. The number of ether oxygens (including phenoxy) is 2. The Kier molecular flexibility index (Phi) is 5.15. The number of hydrogen-bond acceptors (Lipinski definition) is 5. The van der Waals surface area contributed by atoms with Crippen LogP contribution in [-0.4, -0.2) is 33.0 Å². The molecule has 0 N–H and O–H groups in total. The van der Waals surface area contributed by atoms with E-state index in [-0.39, 0.29) is 0 Å². The molecule has 0 aliphatic rings. The molecule has 0 unspecified atom stereocenters. The second-order valence-corrected chi connectivity index (χ2v) is 5.71. The molecular weight excluding hydrogens is 328 g/mol. The summed E-state index contributed by atoms with van der Waals surface area (Å²) in [5, 5.41) is 5.84. The van der Waals surface area contributed by atoms with Gasteiger partial charge in [0.2, 0.25) is 5.88 Å². The minimum absolute atomic E-state index is 0.297. The fourth-order valence-electron chi connectivity index (χ4n) is 2.20. The first-order valence-electron chi connectivity index (χ1n) is 8.00. The normalized spacial score (nSPS) is 11.0. The van der Waals surface area contributed by atoms with Gasteiger partial charge >= 0.3 is 6.01 Å². The summed E-state index contributed by atoms with van der Waals surface area (Å²) < 4.78 is 13.1. The highest BCUT2D eigenvalue weighted by molar-refractivity contribution is 6.30. The summed E-state index contributed by atoms with van der Waals surface area (Å²) in [6.07, 6.45) is 3.48. The first kappa shape index (κ1) is 16.5. The van der Waals surface area contributed by atoms with Gasteiger partial charge in [0.25, 0.3) is 0 Å². The molecule has 3 rings (SSSR count). The van der Waals surface area contributed by atoms with E-state index in [0.717, 1.165) is 23.9 Å². The summed E-state index contributed by atoms with van der Waals surface area (Å²) in [6.45, 7) is 5.20. The van der Waals surface area contributed by atoms with Gasteiger partial charge in [0.05, 0.1) is 25.1 Å². The van der Waals surface area contributed by atoms with Crippen LogP contribution in [0, 0.1) is 0 Å². The number of rotatable bonds is 7. The predicted molar refractivity (Wildman–Crippen MR) is 93.2 cm³/mol. The van der Waals surface area contributed by atoms with E-state index >= 15 is 0 Å². The lowest BCUT2D eigenvalue weighted by Gasteiger charge is -2.09. The van der Waals surface area contributed by atoms with Gasteiger partial charge in [-0.3, -0.25) is 0 Å². The zero-order valence-electron chi connectivity index (χ0n) is 13.7. The van der Waals surface area contributed by atoms with Crippen LogP contribution in [0.1, 0.15) is 26.7 Å². The Morgan fingerprint density at radius 3 is 2.42 bits per heavy atom. The average Bonchev–Trinajstić information content (AvgIpc) is 3.02. The van der Waals surface area contributed by atoms with E-state index in [1.54, 1.807) is 10.9 Å². The number of benzene rings is 1. The Morgan fingerprint density at radius 2 is 1.71 bits per heavy atom. The van der Waals surface area contributed by atoms with E-state index in [9.17, 15) is 0 Å². The third-order valence-electron chi connectivity index (χ3n) is 3.32. The van der Waals surface area contributed by atoms with Crippen molar-refractivity contribution >= 4 is 22.6 Å². The molecule has 3 aromatic rings. The van der Waals surface area contributed by atoms with Crippen molar-refractivity contribution in [1.29, 1.82) is 0 Å². The zero-order valence-corrected chi connectivity index (χ0v) is 14.5. The molecule has 0 spiro atoms. The Balaban J connectivity index is 2.08. The average molecular weight is 347 g/mol. The van der Waals surface area contributed by atoms with Gasteiger partial charge in [-0.05, 0) is 37.1 Å². The summed E-state index contributed by atoms with van der Waals surface area (Å²) in [5.41, 5.74) is 1.50. The highest BCUT2D eigenvalue weighted by atomic mass is 35.5. The van der Waals surface area contributed by atoms with Crippen LogP contribution in [0.5, 0.6) is 11.9 Å². The van der Waals surface area contributed by atoms with Crippen molar-refractivity contribution in [1.82, 2.24) is 19.7 Å². The van der Waals surface area contributed by atoms with E-state index < -0.39 is 0 Å². The molecule has 0 saturated heterocycles.